The van der Waals surface area contributed by atoms with Crippen LogP contribution in [0.2, 0.25) is 0 Å². The van der Waals surface area contributed by atoms with Crippen molar-refractivity contribution in [1.29, 1.82) is 0 Å². The molecule has 0 fully saturated rings. The molecule has 0 aliphatic carbocycles. The Kier molecular flexibility index (Phi) is 9.98. The Bertz CT molecular complexity index is 1300. The second-order valence-corrected chi connectivity index (χ2v) is 13.9. The topological polar surface area (TPSA) is 35.5 Å². The zero-order valence-electron chi connectivity index (χ0n) is 19.7. The maximum absolute atomic E-state index is 12.4. The molecule has 0 saturated carbocycles. The molecule has 0 amide bonds. The normalized spacial score (nSPS) is 11.8. The fraction of sp³-hybridized carbons (Fsp3) is 0.138. The summed E-state index contributed by atoms with van der Waals surface area (Å²) in [7, 11) is -0.240. The van der Waals surface area contributed by atoms with Gasteiger partial charge in [0.2, 0.25) is 0 Å². The molecule has 0 aliphatic heterocycles. The number of rotatable bonds is 8. The van der Waals surface area contributed by atoms with E-state index in [4.69, 9.17) is 9.47 Å². The zero-order chi connectivity index (χ0) is 25.7. The Morgan fingerprint density at radius 3 is 1.86 bits per heavy atom. The summed E-state index contributed by atoms with van der Waals surface area (Å²) in [6.07, 6.45) is 0. The number of carbonyl (C=O) groups is 1. The standard InChI is InChI=1S/C29H24I3O3S/c1-19(2)20-8-12-24(13-9-20)36(23-6-4-3-5-7-23)25-14-10-22(11-15-25)34-18-28(33)35-29-26(31)16-21(30)17-27(29)32/h3-17,19H,18H2,1-2H3/q+1. The van der Waals surface area contributed by atoms with Crippen molar-refractivity contribution >= 4 is 84.6 Å². The number of benzene rings is 4. The van der Waals surface area contributed by atoms with Gasteiger partial charge >= 0.3 is 5.97 Å². The van der Waals surface area contributed by atoms with Crippen LogP contribution in [-0.2, 0) is 15.7 Å². The molecule has 0 spiro atoms. The summed E-state index contributed by atoms with van der Waals surface area (Å²) >= 11 is 6.61. The van der Waals surface area contributed by atoms with Crippen molar-refractivity contribution in [1.82, 2.24) is 0 Å². The van der Waals surface area contributed by atoms with Crippen LogP contribution in [0.5, 0.6) is 11.5 Å². The maximum Gasteiger partial charge on any atom is 0.349 e. The van der Waals surface area contributed by atoms with Gasteiger partial charge in [0.25, 0.3) is 0 Å². The number of halogens is 3. The summed E-state index contributed by atoms with van der Waals surface area (Å²) in [6.45, 7) is 4.27. The molecule has 0 aromatic heterocycles. The minimum absolute atomic E-state index is 0.154. The van der Waals surface area contributed by atoms with Gasteiger partial charge in [0.1, 0.15) is 5.75 Å². The van der Waals surface area contributed by atoms with E-state index in [-0.39, 0.29) is 17.5 Å². The minimum Gasteiger partial charge on any atom is -0.482 e. The van der Waals surface area contributed by atoms with E-state index in [0.29, 0.717) is 17.4 Å². The molecule has 0 bridgehead atoms. The van der Waals surface area contributed by atoms with Crippen LogP contribution in [0.4, 0.5) is 0 Å². The Morgan fingerprint density at radius 2 is 1.31 bits per heavy atom. The molecule has 0 saturated heterocycles. The smallest absolute Gasteiger partial charge is 0.349 e. The Morgan fingerprint density at radius 1 is 0.778 bits per heavy atom. The van der Waals surface area contributed by atoms with Crippen molar-refractivity contribution in [2.45, 2.75) is 34.5 Å². The third kappa shape index (κ3) is 7.16. The highest BCUT2D eigenvalue weighted by Gasteiger charge is 2.28. The number of hydrogen-bond acceptors (Lipinski definition) is 3. The lowest BCUT2D eigenvalue weighted by atomic mass is 10.0. The summed E-state index contributed by atoms with van der Waals surface area (Å²) in [6, 6.07) is 31.4. The molecule has 4 rings (SSSR count). The van der Waals surface area contributed by atoms with E-state index in [9.17, 15) is 4.79 Å². The molecule has 36 heavy (non-hydrogen) atoms. The lowest BCUT2D eigenvalue weighted by Crippen LogP contribution is -2.18. The first-order valence-electron chi connectivity index (χ1n) is 11.3. The van der Waals surface area contributed by atoms with E-state index in [1.54, 1.807) is 0 Å². The molecule has 0 radical (unpaired) electrons. The van der Waals surface area contributed by atoms with Crippen molar-refractivity contribution in [2.75, 3.05) is 6.61 Å². The fourth-order valence-electron chi connectivity index (χ4n) is 3.54. The van der Waals surface area contributed by atoms with Gasteiger partial charge in [-0.25, -0.2) is 4.79 Å². The first-order valence-corrected chi connectivity index (χ1v) is 15.8. The van der Waals surface area contributed by atoms with Crippen LogP contribution in [0.25, 0.3) is 0 Å². The lowest BCUT2D eigenvalue weighted by Gasteiger charge is -2.12. The highest BCUT2D eigenvalue weighted by Crippen LogP contribution is 2.33. The molecule has 0 N–H and O–H groups in total. The minimum atomic E-state index is -0.426. The summed E-state index contributed by atoms with van der Waals surface area (Å²) < 4.78 is 14.2. The van der Waals surface area contributed by atoms with E-state index >= 15 is 0 Å². The highest BCUT2D eigenvalue weighted by atomic mass is 127. The number of carbonyl (C=O) groups excluding carboxylic acids is 1. The fourth-order valence-corrected chi connectivity index (χ4v) is 9.40. The number of esters is 1. The van der Waals surface area contributed by atoms with E-state index < -0.39 is 5.97 Å². The Labute approximate surface area is 256 Å². The SMILES string of the molecule is CC(C)c1ccc([S+](c2ccccc2)c2ccc(OCC(=O)Oc3c(I)cc(I)cc3I)cc2)cc1. The van der Waals surface area contributed by atoms with Crippen LogP contribution in [0.1, 0.15) is 25.3 Å². The Balaban J connectivity index is 1.48. The van der Waals surface area contributed by atoms with Gasteiger partial charge in [0.05, 0.1) is 18.0 Å². The van der Waals surface area contributed by atoms with Gasteiger partial charge in [-0.05, 0) is 140 Å². The van der Waals surface area contributed by atoms with Crippen molar-refractivity contribution in [3.8, 4) is 11.5 Å². The van der Waals surface area contributed by atoms with E-state index in [1.807, 2.05) is 30.3 Å². The third-order valence-electron chi connectivity index (χ3n) is 5.36. The van der Waals surface area contributed by atoms with E-state index in [1.165, 1.54) is 20.2 Å². The van der Waals surface area contributed by atoms with E-state index in [2.05, 4.69) is 142 Å². The first-order chi connectivity index (χ1) is 17.3. The maximum atomic E-state index is 12.4. The lowest BCUT2D eigenvalue weighted by molar-refractivity contribution is -0.136. The van der Waals surface area contributed by atoms with Gasteiger partial charge in [-0.2, -0.15) is 0 Å². The van der Waals surface area contributed by atoms with Gasteiger partial charge in [0.15, 0.2) is 27.0 Å². The van der Waals surface area contributed by atoms with Crippen molar-refractivity contribution in [2.24, 2.45) is 0 Å². The summed E-state index contributed by atoms with van der Waals surface area (Å²) in [4.78, 5) is 16.2. The number of ether oxygens (including phenoxy) is 2. The van der Waals surface area contributed by atoms with Crippen molar-refractivity contribution in [3.05, 3.63) is 107 Å². The van der Waals surface area contributed by atoms with Gasteiger partial charge in [-0.3, -0.25) is 0 Å². The summed E-state index contributed by atoms with van der Waals surface area (Å²) in [5, 5.41) is 0. The predicted octanol–water partition coefficient (Wildman–Crippen LogP) is 8.70. The highest BCUT2D eigenvalue weighted by molar-refractivity contribution is 14.1. The largest absolute Gasteiger partial charge is 0.482 e. The summed E-state index contributed by atoms with van der Waals surface area (Å²) in [5.41, 5.74) is 1.33. The van der Waals surface area contributed by atoms with E-state index in [0.717, 1.165) is 10.7 Å². The quantitative estimate of drug-likeness (QED) is 0.0772. The molecule has 184 valence electrons. The molecule has 4 aromatic carbocycles. The van der Waals surface area contributed by atoms with Gasteiger partial charge in [-0.15, -0.1) is 0 Å². The molecule has 0 heterocycles. The van der Waals surface area contributed by atoms with Crippen LogP contribution < -0.4 is 9.47 Å². The molecule has 3 nitrogen and oxygen atoms in total. The second kappa shape index (κ2) is 13.0. The molecule has 4 aromatic rings. The average Bonchev–Trinajstić information content (AvgIpc) is 2.87. The summed E-state index contributed by atoms with van der Waals surface area (Å²) in [5.74, 6) is 1.29. The molecule has 1 atom stereocenters. The molecular weight excluding hydrogens is 809 g/mol. The average molecular weight is 833 g/mol. The molecular formula is C29H24I3O3S+. The van der Waals surface area contributed by atoms with Crippen LogP contribution in [0.15, 0.2) is 106 Å². The van der Waals surface area contributed by atoms with Crippen LogP contribution >= 0.6 is 67.8 Å². The third-order valence-corrected chi connectivity index (χ3v) is 9.81. The van der Waals surface area contributed by atoms with Crippen LogP contribution in [-0.4, -0.2) is 12.6 Å². The van der Waals surface area contributed by atoms with Crippen LogP contribution in [0.3, 0.4) is 0 Å². The van der Waals surface area contributed by atoms with Crippen molar-refractivity contribution < 1.29 is 14.3 Å². The monoisotopic (exact) mass is 833 g/mol. The second-order valence-electron chi connectivity index (χ2n) is 8.28. The predicted molar refractivity (Wildman–Crippen MR) is 171 cm³/mol. The first kappa shape index (κ1) is 27.7. The van der Waals surface area contributed by atoms with Crippen molar-refractivity contribution in [3.63, 3.8) is 0 Å². The number of hydrogen-bond donors (Lipinski definition) is 0. The molecule has 7 heteroatoms. The molecule has 0 aliphatic rings. The van der Waals surface area contributed by atoms with Gasteiger partial charge in [0, 0.05) is 3.57 Å². The van der Waals surface area contributed by atoms with Crippen LogP contribution in [0, 0.1) is 10.7 Å². The molecule has 1 unspecified atom stereocenters. The van der Waals surface area contributed by atoms with Gasteiger partial charge in [-0.1, -0.05) is 44.2 Å². The zero-order valence-corrected chi connectivity index (χ0v) is 27.0. The Hall–Kier alpha value is -1.31. The van der Waals surface area contributed by atoms with Gasteiger partial charge < -0.3 is 9.47 Å².